The topological polar surface area (TPSA) is 24.9 Å². The maximum atomic E-state index is 6.12. The first kappa shape index (κ1) is 13.5. The molecule has 2 aromatic rings. The predicted molar refractivity (Wildman–Crippen MR) is 79.8 cm³/mol. The monoisotopic (exact) mass is 298 g/mol. The van der Waals surface area contributed by atoms with E-state index in [1.807, 2.05) is 43.4 Å². The summed E-state index contributed by atoms with van der Waals surface area (Å²) >= 11 is 13.7. The number of nitrogens with zero attached hydrogens (tertiary/aromatic N) is 1. The van der Waals surface area contributed by atoms with Crippen LogP contribution in [0.3, 0.4) is 0 Å². The van der Waals surface area contributed by atoms with Gasteiger partial charge in [-0.05, 0) is 30.3 Å². The minimum absolute atomic E-state index is 0.684. The van der Waals surface area contributed by atoms with Gasteiger partial charge in [0.2, 0.25) is 0 Å². The Morgan fingerprint density at radius 1 is 1.22 bits per heavy atom. The Morgan fingerprint density at radius 3 is 2.78 bits per heavy atom. The SMILES string of the molecule is CNc1ccc(Cl)c(CSc2cccc(Cl)c2)n1. The maximum Gasteiger partial charge on any atom is 0.126 e. The summed E-state index contributed by atoms with van der Waals surface area (Å²) in [5.41, 5.74) is 0.869. The molecular weight excluding hydrogens is 287 g/mol. The lowest BCUT2D eigenvalue weighted by molar-refractivity contribution is 1.16. The number of thioether (sulfide) groups is 1. The summed E-state index contributed by atoms with van der Waals surface area (Å²) in [6.07, 6.45) is 0. The third-order valence-electron chi connectivity index (χ3n) is 2.35. The van der Waals surface area contributed by atoms with Crippen molar-refractivity contribution in [1.82, 2.24) is 4.98 Å². The Kier molecular flexibility index (Phi) is 4.75. The van der Waals surface area contributed by atoms with Crippen molar-refractivity contribution >= 4 is 40.8 Å². The second kappa shape index (κ2) is 6.32. The summed E-state index contributed by atoms with van der Waals surface area (Å²) in [6.45, 7) is 0. The first-order valence-corrected chi connectivity index (χ1v) is 7.15. The second-order valence-corrected chi connectivity index (χ2v) is 5.51. The molecule has 0 atom stereocenters. The van der Waals surface area contributed by atoms with E-state index in [-0.39, 0.29) is 0 Å². The zero-order valence-electron chi connectivity index (χ0n) is 9.78. The molecule has 1 aromatic heterocycles. The van der Waals surface area contributed by atoms with Crippen molar-refractivity contribution < 1.29 is 0 Å². The third kappa shape index (κ3) is 3.55. The Morgan fingerprint density at radius 2 is 2.06 bits per heavy atom. The van der Waals surface area contributed by atoms with Gasteiger partial charge in [-0.2, -0.15) is 0 Å². The van der Waals surface area contributed by atoms with E-state index in [2.05, 4.69) is 10.3 Å². The van der Waals surface area contributed by atoms with Crippen molar-refractivity contribution in [3.8, 4) is 0 Å². The molecule has 1 N–H and O–H groups in total. The van der Waals surface area contributed by atoms with Crippen molar-refractivity contribution in [3.05, 3.63) is 52.1 Å². The van der Waals surface area contributed by atoms with Crippen molar-refractivity contribution in [3.63, 3.8) is 0 Å². The summed E-state index contributed by atoms with van der Waals surface area (Å²) < 4.78 is 0. The van der Waals surface area contributed by atoms with Crippen LogP contribution in [0.1, 0.15) is 5.69 Å². The van der Waals surface area contributed by atoms with E-state index in [0.717, 1.165) is 21.4 Å². The number of hydrogen-bond donors (Lipinski definition) is 1. The summed E-state index contributed by atoms with van der Waals surface area (Å²) in [5, 5.41) is 4.42. The number of aromatic nitrogens is 1. The quantitative estimate of drug-likeness (QED) is 0.827. The highest BCUT2D eigenvalue weighted by molar-refractivity contribution is 7.98. The van der Waals surface area contributed by atoms with Crippen LogP contribution >= 0.6 is 35.0 Å². The number of nitrogens with one attached hydrogen (secondary N) is 1. The van der Waals surface area contributed by atoms with E-state index in [4.69, 9.17) is 23.2 Å². The summed E-state index contributed by atoms with van der Waals surface area (Å²) in [7, 11) is 1.84. The summed E-state index contributed by atoms with van der Waals surface area (Å²) in [6, 6.07) is 11.5. The molecule has 94 valence electrons. The molecule has 0 bridgehead atoms. The number of anilines is 1. The van der Waals surface area contributed by atoms with E-state index in [0.29, 0.717) is 10.8 Å². The fourth-order valence-electron chi connectivity index (χ4n) is 1.43. The Labute approximate surface area is 121 Å². The first-order chi connectivity index (χ1) is 8.69. The third-order valence-corrected chi connectivity index (χ3v) is 3.93. The molecule has 0 aliphatic carbocycles. The van der Waals surface area contributed by atoms with Gasteiger partial charge < -0.3 is 5.32 Å². The number of pyridine rings is 1. The minimum Gasteiger partial charge on any atom is -0.373 e. The van der Waals surface area contributed by atoms with Crippen LogP contribution in [0.15, 0.2) is 41.3 Å². The van der Waals surface area contributed by atoms with E-state index in [9.17, 15) is 0 Å². The molecule has 0 aliphatic rings. The number of hydrogen-bond acceptors (Lipinski definition) is 3. The fraction of sp³-hybridized carbons (Fsp3) is 0.154. The average Bonchev–Trinajstić information content (AvgIpc) is 2.38. The summed E-state index contributed by atoms with van der Waals surface area (Å²) in [5.74, 6) is 1.54. The lowest BCUT2D eigenvalue weighted by Crippen LogP contribution is -1.96. The fourth-order valence-corrected chi connectivity index (χ4v) is 2.85. The molecule has 0 spiro atoms. The van der Waals surface area contributed by atoms with Gasteiger partial charge >= 0.3 is 0 Å². The van der Waals surface area contributed by atoms with Gasteiger partial charge in [-0.15, -0.1) is 11.8 Å². The molecule has 0 radical (unpaired) electrons. The van der Waals surface area contributed by atoms with Gasteiger partial charge in [-0.3, -0.25) is 0 Å². The molecule has 0 fully saturated rings. The average molecular weight is 299 g/mol. The highest BCUT2D eigenvalue weighted by Gasteiger charge is 2.05. The van der Waals surface area contributed by atoms with Gasteiger partial charge in [-0.25, -0.2) is 4.98 Å². The molecule has 1 heterocycles. The van der Waals surface area contributed by atoms with E-state index < -0.39 is 0 Å². The van der Waals surface area contributed by atoms with Crippen LogP contribution in [0.5, 0.6) is 0 Å². The second-order valence-electron chi connectivity index (χ2n) is 3.62. The normalized spacial score (nSPS) is 10.4. The van der Waals surface area contributed by atoms with Gasteiger partial charge in [-0.1, -0.05) is 29.3 Å². The molecule has 5 heteroatoms. The van der Waals surface area contributed by atoms with Gasteiger partial charge in [0.25, 0.3) is 0 Å². The lowest BCUT2D eigenvalue weighted by atomic mass is 10.3. The van der Waals surface area contributed by atoms with Crippen LogP contribution in [-0.4, -0.2) is 12.0 Å². The molecule has 0 aliphatic heterocycles. The Balaban J connectivity index is 2.10. The lowest BCUT2D eigenvalue weighted by Gasteiger charge is -2.06. The summed E-state index contributed by atoms with van der Waals surface area (Å²) in [4.78, 5) is 5.54. The Bertz CT molecular complexity index is 546. The molecule has 0 unspecified atom stereocenters. The van der Waals surface area contributed by atoms with Crippen LogP contribution in [0.25, 0.3) is 0 Å². The smallest absolute Gasteiger partial charge is 0.126 e. The first-order valence-electron chi connectivity index (χ1n) is 5.40. The zero-order chi connectivity index (χ0) is 13.0. The minimum atomic E-state index is 0.684. The molecule has 0 amide bonds. The molecular formula is C13H12Cl2N2S. The largest absolute Gasteiger partial charge is 0.373 e. The Hall–Kier alpha value is -0.900. The van der Waals surface area contributed by atoms with Crippen molar-refractivity contribution in [1.29, 1.82) is 0 Å². The van der Waals surface area contributed by atoms with E-state index in [1.165, 1.54) is 0 Å². The highest BCUT2D eigenvalue weighted by Crippen LogP contribution is 2.27. The van der Waals surface area contributed by atoms with Crippen LogP contribution in [0.2, 0.25) is 10.0 Å². The van der Waals surface area contributed by atoms with Crippen molar-refractivity contribution in [2.24, 2.45) is 0 Å². The number of benzene rings is 1. The van der Waals surface area contributed by atoms with Gasteiger partial charge in [0, 0.05) is 22.7 Å². The van der Waals surface area contributed by atoms with Crippen LogP contribution in [0.4, 0.5) is 5.82 Å². The van der Waals surface area contributed by atoms with Crippen LogP contribution < -0.4 is 5.32 Å². The highest BCUT2D eigenvalue weighted by atomic mass is 35.5. The zero-order valence-corrected chi connectivity index (χ0v) is 12.1. The van der Waals surface area contributed by atoms with Crippen LogP contribution in [-0.2, 0) is 5.75 Å². The van der Waals surface area contributed by atoms with Crippen molar-refractivity contribution in [2.45, 2.75) is 10.6 Å². The van der Waals surface area contributed by atoms with Gasteiger partial charge in [0.05, 0.1) is 10.7 Å². The van der Waals surface area contributed by atoms with Gasteiger partial charge in [0.15, 0.2) is 0 Å². The molecule has 2 rings (SSSR count). The van der Waals surface area contributed by atoms with Gasteiger partial charge in [0.1, 0.15) is 5.82 Å². The molecule has 0 saturated heterocycles. The van der Waals surface area contributed by atoms with Crippen LogP contribution in [0, 0.1) is 0 Å². The molecule has 2 nitrogen and oxygen atoms in total. The number of halogens is 2. The molecule has 0 saturated carbocycles. The maximum absolute atomic E-state index is 6.12. The number of rotatable bonds is 4. The van der Waals surface area contributed by atoms with E-state index >= 15 is 0 Å². The molecule has 18 heavy (non-hydrogen) atoms. The predicted octanol–water partition coefficient (Wildman–Crippen LogP) is 4.72. The van der Waals surface area contributed by atoms with E-state index in [1.54, 1.807) is 11.8 Å². The van der Waals surface area contributed by atoms with Crippen molar-refractivity contribution in [2.75, 3.05) is 12.4 Å². The molecule has 1 aromatic carbocycles. The standard InChI is InChI=1S/C13H12Cl2N2S/c1-16-13-6-5-11(15)12(17-13)8-18-10-4-2-3-9(14)7-10/h2-7H,8H2,1H3,(H,16,17).